The van der Waals surface area contributed by atoms with Gasteiger partial charge in [-0.05, 0) is 32.3 Å². The lowest BCUT2D eigenvalue weighted by Gasteiger charge is -2.32. The smallest absolute Gasteiger partial charge is 0.248 e. The molecular weight excluding hydrogens is 390 g/mol. The van der Waals surface area contributed by atoms with E-state index in [0.29, 0.717) is 43.9 Å². The Morgan fingerprint density at radius 2 is 1.83 bits per heavy atom. The molecule has 0 saturated carbocycles. The Morgan fingerprint density at radius 1 is 1.21 bits per heavy atom. The Bertz CT molecular complexity index is 940. The maximum absolute atomic E-state index is 12.9. The van der Waals surface area contributed by atoms with Crippen molar-refractivity contribution in [2.45, 2.75) is 50.8 Å². The number of sulfonamides is 1. The molecule has 1 aromatic carbocycles. The Kier molecular flexibility index (Phi) is 6.14. The van der Waals surface area contributed by atoms with Crippen LogP contribution in [0.25, 0.3) is 0 Å². The Morgan fingerprint density at radius 3 is 2.38 bits per heavy atom. The summed E-state index contributed by atoms with van der Waals surface area (Å²) >= 11 is 0. The number of carbonyl (C=O) groups is 1. The molecule has 0 aliphatic carbocycles. The number of hydrogen-bond donors (Lipinski definition) is 1. The van der Waals surface area contributed by atoms with Crippen LogP contribution in [-0.4, -0.2) is 43.4 Å². The van der Waals surface area contributed by atoms with E-state index in [1.807, 2.05) is 18.2 Å². The third kappa shape index (κ3) is 4.53. The van der Waals surface area contributed by atoms with Crippen molar-refractivity contribution >= 4 is 15.9 Å². The van der Waals surface area contributed by atoms with Crippen LogP contribution < -0.4 is 5.32 Å². The topological polar surface area (TPSA) is 92.5 Å². The second-order valence-electron chi connectivity index (χ2n) is 8.30. The summed E-state index contributed by atoms with van der Waals surface area (Å²) in [4.78, 5) is 12.8. The van der Waals surface area contributed by atoms with Crippen LogP contribution in [0, 0.1) is 19.8 Å². The van der Waals surface area contributed by atoms with Crippen molar-refractivity contribution in [3.8, 4) is 0 Å². The highest BCUT2D eigenvalue weighted by atomic mass is 32.2. The zero-order chi connectivity index (χ0) is 21.2. The van der Waals surface area contributed by atoms with E-state index in [1.165, 1.54) is 9.87 Å². The highest BCUT2D eigenvalue weighted by Gasteiger charge is 2.35. The summed E-state index contributed by atoms with van der Waals surface area (Å²) in [5.41, 5.74) is 1.36. The molecule has 1 aliphatic heterocycles. The standard InChI is InChI=1S/C21H29N3O4S/c1-15-19(16(2)28-23-15)29(26,27)24-12-10-17(11-13-24)20(25)22-14-21(3,4)18-8-6-5-7-9-18/h5-9,17H,10-14H2,1-4H3,(H,22,25). The minimum atomic E-state index is -3.66. The Labute approximate surface area is 172 Å². The number of aromatic nitrogens is 1. The van der Waals surface area contributed by atoms with Gasteiger partial charge in [0.25, 0.3) is 0 Å². The van der Waals surface area contributed by atoms with Gasteiger partial charge in [0.15, 0.2) is 5.76 Å². The zero-order valence-electron chi connectivity index (χ0n) is 17.4. The third-order valence-electron chi connectivity index (χ3n) is 5.65. The van der Waals surface area contributed by atoms with Gasteiger partial charge in [0.1, 0.15) is 10.6 Å². The molecule has 0 bridgehead atoms. The molecule has 3 rings (SSSR count). The van der Waals surface area contributed by atoms with Gasteiger partial charge < -0.3 is 9.84 Å². The summed E-state index contributed by atoms with van der Waals surface area (Å²) in [7, 11) is -3.66. The van der Waals surface area contributed by atoms with Crippen molar-refractivity contribution in [1.82, 2.24) is 14.8 Å². The summed E-state index contributed by atoms with van der Waals surface area (Å²) < 4.78 is 32.3. The fraction of sp³-hybridized carbons (Fsp3) is 0.524. The first-order chi connectivity index (χ1) is 13.6. The minimum absolute atomic E-state index is 0.0107. The molecule has 0 unspecified atom stereocenters. The molecule has 158 valence electrons. The van der Waals surface area contributed by atoms with Crippen molar-refractivity contribution in [2.24, 2.45) is 5.92 Å². The lowest BCUT2D eigenvalue weighted by Crippen LogP contribution is -2.45. The Hall–Kier alpha value is -2.19. The second-order valence-corrected chi connectivity index (χ2v) is 10.2. The number of aryl methyl sites for hydroxylation is 2. The number of amides is 1. The number of hydrogen-bond acceptors (Lipinski definition) is 5. The molecule has 1 aliphatic rings. The highest BCUT2D eigenvalue weighted by molar-refractivity contribution is 7.89. The largest absolute Gasteiger partial charge is 0.360 e. The van der Waals surface area contributed by atoms with E-state index >= 15 is 0 Å². The molecule has 1 saturated heterocycles. The highest BCUT2D eigenvalue weighted by Crippen LogP contribution is 2.28. The first-order valence-corrected chi connectivity index (χ1v) is 11.3. The maximum atomic E-state index is 12.9. The first-order valence-electron chi connectivity index (χ1n) is 9.89. The molecule has 0 radical (unpaired) electrons. The number of rotatable bonds is 6. The molecule has 2 heterocycles. The second kappa shape index (κ2) is 8.28. The number of benzene rings is 1. The van der Waals surface area contributed by atoms with Gasteiger partial charge in [-0.2, -0.15) is 4.31 Å². The minimum Gasteiger partial charge on any atom is -0.360 e. The van der Waals surface area contributed by atoms with Crippen LogP contribution in [0.4, 0.5) is 0 Å². The van der Waals surface area contributed by atoms with Crippen molar-refractivity contribution in [1.29, 1.82) is 0 Å². The SMILES string of the molecule is Cc1noc(C)c1S(=O)(=O)N1CCC(C(=O)NCC(C)(C)c2ccccc2)CC1. The van der Waals surface area contributed by atoms with Gasteiger partial charge in [0.05, 0.1) is 0 Å². The monoisotopic (exact) mass is 419 g/mol. The van der Waals surface area contributed by atoms with E-state index in [-0.39, 0.29) is 22.1 Å². The summed E-state index contributed by atoms with van der Waals surface area (Å²) in [6.45, 7) is 8.58. The fourth-order valence-corrected chi connectivity index (χ4v) is 5.53. The van der Waals surface area contributed by atoms with E-state index in [9.17, 15) is 13.2 Å². The normalized spacial score (nSPS) is 16.7. The average molecular weight is 420 g/mol. The quantitative estimate of drug-likeness (QED) is 0.777. The van der Waals surface area contributed by atoms with Crippen molar-refractivity contribution in [2.75, 3.05) is 19.6 Å². The van der Waals surface area contributed by atoms with Crippen LogP contribution in [0.3, 0.4) is 0 Å². The van der Waals surface area contributed by atoms with E-state index in [0.717, 1.165) is 0 Å². The molecule has 1 fully saturated rings. The van der Waals surface area contributed by atoms with E-state index in [4.69, 9.17) is 4.52 Å². The lowest BCUT2D eigenvalue weighted by molar-refractivity contribution is -0.126. The fourth-order valence-electron chi connectivity index (χ4n) is 3.77. The number of piperidine rings is 1. The summed E-state index contributed by atoms with van der Waals surface area (Å²) in [5.74, 6) is 0.103. The lowest BCUT2D eigenvalue weighted by atomic mass is 9.84. The molecule has 1 aromatic heterocycles. The van der Waals surface area contributed by atoms with Crippen LogP contribution in [0.2, 0.25) is 0 Å². The molecule has 0 atom stereocenters. The molecule has 2 aromatic rings. The molecule has 29 heavy (non-hydrogen) atoms. The van der Waals surface area contributed by atoms with Gasteiger partial charge in [-0.25, -0.2) is 8.42 Å². The van der Waals surface area contributed by atoms with Crippen molar-refractivity contribution in [3.63, 3.8) is 0 Å². The number of carbonyl (C=O) groups excluding carboxylic acids is 1. The molecule has 1 N–H and O–H groups in total. The molecule has 7 nitrogen and oxygen atoms in total. The summed E-state index contributed by atoms with van der Waals surface area (Å²) in [5, 5.41) is 6.81. The maximum Gasteiger partial charge on any atom is 0.248 e. The molecule has 1 amide bonds. The van der Waals surface area contributed by atoms with Gasteiger partial charge in [-0.3, -0.25) is 4.79 Å². The van der Waals surface area contributed by atoms with E-state index in [2.05, 4.69) is 36.5 Å². The van der Waals surface area contributed by atoms with Gasteiger partial charge in [-0.15, -0.1) is 0 Å². The van der Waals surface area contributed by atoms with Crippen molar-refractivity contribution < 1.29 is 17.7 Å². The number of nitrogens with zero attached hydrogens (tertiary/aromatic N) is 2. The van der Waals surface area contributed by atoms with Gasteiger partial charge in [0.2, 0.25) is 15.9 Å². The third-order valence-corrected chi connectivity index (χ3v) is 7.79. The van der Waals surface area contributed by atoms with Crippen molar-refractivity contribution in [3.05, 3.63) is 47.3 Å². The molecule has 8 heteroatoms. The molecular formula is C21H29N3O4S. The van der Waals surface area contributed by atoms with Gasteiger partial charge in [0, 0.05) is 31.0 Å². The summed E-state index contributed by atoms with van der Waals surface area (Å²) in [6, 6.07) is 10.1. The van der Waals surface area contributed by atoms with E-state index in [1.54, 1.807) is 13.8 Å². The van der Waals surface area contributed by atoms with E-state index < -0.39 is 10.0 Å². The van der Waals surface area contributed by atoms with Crippen LogP contribution in [-0.2, 0) is 20.2 Å². The van der Waals surface area contributed by atoms with Gasteiger partial charge in [-0.1, -0.05) is 49.3 Å². The van der Waals surface area contributed by atoms with Crippen LogP contribution in [0.5, 0.6) is 0 Å². The molecule has 0 spiro atoms. The number of nitrogens with one attached hydrogen (secondary N) is 1. The van der Waals surface area contributed by atoms with Crippen LogP contribution in [0.1, 0.15) is 43.7 Å². The van der Waals surface area contributed by atoms with Crippen LogP contribution in [0.15, 0.2) is 39.8 Å². The average Bonchev–Trinajstić information content (AvgIpc) is 3.06. The zero-order valence-corrected chi connectivity index (χ0v) is 18.3. The predicted molar refractivity (Wildman–Crippen MR) is 110 cm³/mol. The van der Waals surface area contributed by atoms with Crippen LogP contribution >= 0.6 is 0 Å². The first kappa shape index (κ1) is 21.5. The Balaban J connectivity index is 1.57. The predicted octanol–water partition coefficient (Wildman–Crippen LogP) is 2.79. The van der Waals surface area contributed by atoms with Gasteiger partial charge >= 0.3 is 0 Å². The summed E-state index contributed by atoms with van der Waals surface area (Å²) in [6.07, 6.45) is 1.00.